The predicted molar refractivity (Wildman–Crippen MR) is 406 cm³/mol. The van der Waals surface area contributed by atoms with E-state index in [1.54, 1.807) is 0 Å². The highest BCUT2D eigenvalue weighted by Gasteiger charge is 2.55. The minimum atomic E-state index is -0.927. The standard InChI is InChI=1S/C93H70N2O2/c1-91(2,3)65-45-49-67(50-46-65)94(79-53-43-63(59-27-11-7-12-28-59)55-73(79)61-31-15-9-16-32-61)81-57-77-87(89-85(81)71-37-21-25-41-83(71)96-89)88-78(93(77)75-39-23-19-35-69(75)70-36-20-24-40-76(70)93)58-82(86-72-38-22-26-42-84(72)97-90(86)88)95(68-51-47-66(48-52-68)92(4,5)6)80-54-44-64(60-29-13-8-14-30-60)56-74(80)62-33-17-10-18-34-62/h7-58H,1-6H3. The second-order valence-corrected chi connectivity index (χ2v) is 28.3. The number of rotatable bonds is 10. The molecular formula is C93H70N2O2. The van der Waals surface area contributed by atoms with E-state index in [0.717, 1.165) is 145 Å². The molecule has 464 valence electrons. The molecule has 0 fully saturated rings. The second kappa shape index (κ2) is 22.2. The molecule has 16 aromatic rings. The Bertz CT molecular complexity index is 5390. The summed E-state index contributed by atoms with van der Waals surface area (Å²) >= 11 is 0. The Morgan fingerprint density at radius 3 is 0.990 bits per heavy atom. The molecule has 18 rings (SSSR count). The van der Waals surface area contributed by atoms with E-state index < -0.39 is 5.41 Å². The van der Waals surface area contributed by atoms with E-state index in [1.165, 1.54) is 33.4 Å². The third kappa shape index (κ3) is 9.11. The van der Waals surface area contributed by atoms with E-state index in [1.807, 2.05) is 0 Å². The summed E-state index contributed by atoms with van der Waals surface area (Å²) in [7, 11) is 0. The van der Waals surface area contributed by atoms with Gasteiger partial charge in [0.25, 0.3) is 0 Å². The molecule has 97 heavy (non-hydrogen) atoms. The molecule has 2 aromatic heterocycles. The van der Waals surface area contributed by atoms with Crippen LogP contribution < -0.4 is 9.80 Å². The number of fused-ring (bicyclic) bond motifs is 18. The summed E-state index contributed by atoms with van der Waals surface area (Å²) < 4.78 is 15.5. The minimum Gasteiger partial charge on any atom is -0.455 e. The van der Waals surface area contributed by atoms with Crippen LogP contribution in [-0.2, 0) is 16.2 Å². The van der Waals surface area contributed by atoms with Crippen LogP contribution in [0.25, 0.3) is 111 Å². The van der Waals surface area contributed by atoms with E-state index in [0.29, 0.717) is 0 Å². The van der Waals surface area contributed by atoms with Crippen LogP contribution in [-0.4, -0.2) is 0 Å². The lowest BCUT2D eigenvalue weighted by molar-refractivity contribution is 0.590. The van der Waals surface area contributed by atoms with Gasteiger partial charge < -0.3 is 18.6 Å². The van der Waals surface area contributed by atoms with Gasteiger partial charge in [-0.25, -0.2) is 0 Å². The first-order valence-corrected chi connectivity index (χ1v) is 33.9. The van der Waals surface area contributed by atoms with Crippen molar-refractivity contribution in [3.63, 3.8) is 0 Å². The zero-order valence-electron chi connectivity index (χ0n) is 55.2. The van der Waals surface area contributed by atoms with Crippen molar-refractivity contribution in [3.8, 4) is 66.8 Å². The number of hydrogen-bond donors (Lipinski definition) is 0. The molecule has 0 saturated carbocycles. The topological polar surface area (TPSA) is 32.8 Å². The Morgan fingerprint density at radius 1 is 0.268 bits per heavy atom. The Hall–Kier alpha value is -11.7. The molecule has 14 aromatic carbocycles. The summed E-state index contributed by atoms with van der Waals surface area (Å²) in [5.74, 6) is 0. The van der Waals surface area contributed by atoms with Gasteiger partial charge in [-0.2, -0.15) is 0 Å². The number of furan rings is 2. The van der Waals surface area contributed by atoms with Crippen molar-refractivity contribution < 1.29 is 8.83 Å². The van der Waals surface area contributed by atoms with Gasteiger partial charge in [-0.15, -0.1) is 0 Å². The third-order valence-electron chi connectivity index (χ3n) is 20.6. The van der Waals surface area contributed by atoms with Gasteiger partial charge >= 0.3 is 0 Å². The van der Waals surface area contributed by atoms with E-state index in [4.69, 9.17) is 8.83 Å². The Morgan fingerprint density at radius 2 is 0.608 bits per heavy atom. The lowest BCUT2D eigenvalue weighted by Crippen LogP contribution is -2.27. The van der Waals surface area contributed by atoms with E-state index in [2.05, 4.69) is 367 Å². The molecule has 2 aliphatic rings. The molecule has 0 bridgehead atoms. The number of hydrogen-bond acceptors (Lipinski definition) is 4. The molecule has 0 aliphatic heterocycles. The monoisotopic (exact) mass is 1250 g/mol. The highest BCUT2D eigenvalue weighted by molar-refractivity contribution is 6.26. The molecule has 1 spiro atoms. The van der Waals surface area contributed by atoms with Crippen molar-refractivity contribution in [3.05, 3.63) is 349 Å². The average Bonchev–Trinajstić information content (AvgIpc) is 1.49. The molecule has 4 heteroatoms. The zero-order valence-corrected chi connectivity index (χ0v) is 55.2. The van der Waals surface area contributed by atoms with Crippen LogP contribution in [0.2, 0.25) is 0 Å². The second-order valence-electron chi connectivity index (χ2n) is 28.3. The van der Waals surface area contributed by atoms with E-state index >= 15 is 0 Å². The summed E-state index contributed by atoms with van der Waals surface area (Å²) in [5.41, 5.74) is 28.9. The van der Waals surface area contributed by atoms with Gasteiger partial charge in [-0.1, -0.05) is 284 Å². The van der Waals surface area contributed by atoms with Crippen LogP contribution in [0.5, 0.6) is 0 Å². The lowest BCUT2D eigenvalue weighted by atomic mass is 9.70. The fourth-order valence-corrected chi connectivity index (χ4v) is 16.0. The zero-order chi connectivity index (χ0) is 65.3. The molecule has 0 amide bonds. The van der Waals surface area contributed by atoms with E-state index in [-0.39, 0.29) is 10.8 Å². The van der Waals surface area contributed by atoms with Gasteiger partial charge in [-0.05, 0) is 162 Å². The summed E-state index contributed by atoms with van der Waals surface area (Å²) in [5, 5.41) is 4.09. The smallest absolute Gasteiger partial charge is 0.145 e. The maximum absolute atomic E-state index is 7.76. The van der Waals surface area contributed by atoms with Crippen LogP contribution in [0.4, 0.5) is 34.1 Å². The average molecular weight is 1250 g/mol. The first-order valence-electron chi connectivity index (χ1n) is 33.9. The van der Waals surface area contributed by atoms with Gasteiger partial charge in [0.2, 0.25) is 0 Å². The fourth-order valence-electron chi connectivity index (χ4n) is 16.0. The molecule has 4 nitrogen and oxygen atoms in total. The van der Waals surface area contributed by atoms with Crippen LogP contribution >= 0.6 is 0 Å². The number of benzene rings is 14. The molecule has 0 saturated heterocycles. The van der Waals surface area contributed by atoms with Gasteiger partial charge in [0, 0.05) is 44.4 Å². The highest BCUT2D eigenvalue weighted by Crippen LogP contribution is 2.68. The third-order valence-corrected chi connectivity index (χ3v) is 20.6. The number of nitrogens with zero attached hydrogens (tertiary/aromatic N) is 2. The number of para-hydroxylation sites is 2. The minimum absolute atomic E-state index is 0.0834. The molecule has 0 unspecified atom stereocenters. The molecule has 0 radical (unpaired) electrons. The SMILES string of the molecule is CC(C)(C)c1ccc(N(c2ccc(-c3ccccc3)cc2-c2ccccc2)c2cc3c(c4oc5ccccc5c24)-c2c(cc(N(c4ccc(C(C)(C)C)cc4)c4ccc(-c5ccccc5)cc4-c4ccccc4)c4c2oc2ccccc24)C32c3ccccc3-c3ccccc32)cc1. The molecule has 0 atom stereocenters. The van der Waals surface area contributed by atoms with Crippen molar-refractivity contribution in [2.45, 2.75) is 57.8 Å². The summed E-state index contributed by atoms with van der Waals surface area (Å²) in [6.07, 6.45) is 0. The van der Waals surface area contributed by atoms with Crippen LogP contribution in [0, 0.1) is 0 Å². The maximum atomic E-state index is 7.76. The largest absolute Gasteiger partial charge is 0.455 e. The predicted octanol–water partition coefficient (Wildman–Crippen LogP) is 26.0. The van der Waals surface area contributed by atoms with Crippen LogP contribution in [0.3, 0.4) is 0 Å². The molecular weight excluding hydrogens is 1180 g/mol. The summed E-state index contributed by atoms with van der Waals surface area (Å²) in [6, 6.07) is 117. The fraction of sp³-hybridized carbons (Fsp3) is 0.0968. The first-order chi connectivity index (χ1) is 47.4. The van der Waals surface area contributed by atoms with Crippen molar-refractivity contribution in [2.24, 2.45) is 0 Å². The van der Waals surface area contributed by atoms with Gasteiger partial charge in [0.15, 0.2) is 0 Å². The van der Waals surface area contributed by atoms with Crippen molar-refractivity contribution in [1.29, 1.82) is 0 Å². The van der Waals surface area contributed by atoms with Gasteiger partial charge in [0.05, 0.1) is 38.9 Å². The normalized spacial score (nSPS) is 12.9. The molecule has 2 heterocycles. The summed E-state index contributed by atoms with van der Waals surface area (Å²) in [6.45, 7) is 13.8. The Labute approximate surface area is 566 Å². The molecule has 0 N–H and O–H groups in total. The Balaban J connectivity index is 1.01. The van der Waals surface area contributed by atoms with Gasteiger partial charge in [0.1, 0.15) is 22.3 Å². The van der Waals surface area contributed by atoms with Crippen molar-refractivity contribution in [1.82, 2.24) is 0 Å². The summed E-state index contributed by atoms with van der Waals surface area (Å²) in [4.78, 5) is 5.07. The van der Waals surface area contributed by atoms with Crippen molar-refractivity contribution in [2.75, 3.05) is 9.80 Å². The van der Waals surface area contributed by atoms with E-state index in [9.17, 15) is 0 Å². The van der Waals surface area contributed by atoms with Crippen LogP contribution in [0.1, 0.15) is 74.9 Å². The van der Waals surface area contributed by atoms with Crippen LogP contribution in [0.15, 0.2) is 324 Å². The first kappa shape index (κ1) is 57.9. The number of anilines is 6. The highest BCUT2D eigenvalue weighted by atomic mass is 16.3. The lowest BCUT2D eigenvalue weighted by Gasteiger charge is -2.34. The van der Waals surface area contributed by atoms with Crippen molar-refractivity contribution >= 4 is 78.0 Å². The van der Waals surface area contributed by atoms with Gasteiger partial charge in [-0.3, -0.25) is 0 Å². The quantitative estimate of drug-likeness (QED) is 0.137. The Kier molecular flexibility index (Phi) is 13.3. The maximum Gasteiger partial charge on any atom is 0.145 e. The molecule has 2 aliphatic carbocycles.